The molecule has 0 bridgehead atoms. The maximum absolute atomic E-state index is 13.6. The van der Waals surface area contributed by atoms with Gasteiger partial charge in [0.1, 0.15) is 18.0 Å². The average Bonchev–Trinajstić information content (AvgIpc) is 3.40. The third kappa shape index (κ3) is 6.20. The fourth-order valence-corrected chi connectivity index (χ4v) is 6.26. The summed E-state index contributed by atoms with van der Waals surface area (Å²) in [6.07, 6.45) is 3.83. The number of methoxy groups -OCH3 is 1. The third-order valence-electron chi connectivity index (χ3n) is 8.69. The predicted molar refractivity (Wildman–Crippen MR) is 176 cm³/mol. The maximum Gasteiger partial charge on any atom is 0.255 e. The van der Waals surface area contributed by atoms with Crippen molar-refractivity contribution in [2.45, 2.75) is 44.2 Å². The molecule has 12 nitrogen and oxygen atoms in total. The summed E-state index contributed by atoms with van der Waals surface area (Å²) in [5.74, 6) is 0.347. The zero-order valence-electron chi connectivity index (χ0n) is 26.4. The van der Waals surface area contributed by atoms with Gasteiger partial charge in [-0.1, -0.05) is 48.5 Å². The molecule has 2 aliphatic rings. The van der Waals surface area contributed by atoms with Crippen LogP contribution in [0.3, 0.4) is 0 Å². The molecule has 2 atom stereocenters. The molecule has 3 aromatic carbocycles. The number of amides is 1. The van der Waals surface area contributed by atoms with E-state index in [1.165, 1.54) is 7.11 Å². The van der Waals surface area contributed by atoms with E-state index >= 15 is 0 Å². The Labute approximate surface area is 268 Å². The minimum atomic E-state index is -3.60. The summed E-state index contributed by atoms with van der Waals surface area (Å²) in [5.41, 5.74) is 5.02. The number of ether oxygens (including phenoxy) is 1. The average molecular weight is 644 g/mol. The molecule has 0 spiro atoms. The number of aliphatic hydroxyl groups excluding tert-OH is 1. The van der Waals surface area contributed by atoms with Crippen molar-refractivity contribution in [2.24, 2.45) is 17.4 Å². The van der Waals surface area contributed by atoms with Crippen LogP contribution in [0.25, 0.3) is 0 Å². The molecule has 3 N–H and O–H groups in total. The highest BCUT2D eigenvalue weighted by Gasteiger charge is 2.40. The van der Waals surface area contributed by atoms with Crippen LogP contribution in [0.1, 0.15) is 70.5 Å². The lowest BCUT2D eigenvalue weighted by Crippen LogP contribution is -2.20. The SMILES string of the molecule is COc1c(NC(=O)c2ccc(C)c(N3CC(c4cnc(C(O)c5ccccc5)n4C)N=N3)c2)cc(C2(C)CC2)cc1NS(C)(=O)=O. The van der Waals surface area contributed by atoms with Crippen LogP contribution in [0, 0.1) is 6.92 Å². The van der Waals surface area contributed by atoms with Crippen molar-refractivity contribution in [3.8, 4) is 5.75 Å². The molecule has 240 valence electrons. The van der Waals surface area contributed by atoms with Crippen molar-refractivity contribution in [1.29, 1.82) is 0 Å². The molecule has 1 fully saturated rings. The van der Waals surface area contributed by atoms with Gasteiger partial charge in [-0.2, -0.15) is 5.11 Å². The van der Waals surface area contributed by atoms with Crippen LogP contribution in [0.2, 0.25) is 0 Å². The van der Waals surface area contributed by atoms with Gasteiger partial charge < -0.3 is 19.7 Å². The van der Waals surface area contributed by atoms with Gasteiger partial charge in [-0.15, -0.1) is 0 Å². The second-order valence-corrected chi connectivity index (χ2v) is 14.0. The van der Waals surface area contributed by atoms with E-state index in [9.17, 15) is 18.3 Å². The van der Waals surface area contributed by atoms with Gasteiger partial charge in [0.25, 0.3) is 5.91 Å². The van der Waals surface area contributed by atoms with Crippen LogP contribution in [0.4, 0.5) is 17.1 Å². The highest BCUT2D eigenvalue weighted by Crippen LogP contribution is 2.51. The van der Waals surface area contributed by atoms with Crippen LogP contribution < -0.4 is 19.8 Å². The number of hydrogen-bond donors (Lipinski definition) is 3. The number of aryl methyl sites for hydroxylation is 1. The first-order valence-corrected chi connectivity index (χ1v) is 16.8. The quantitative estimate of drug-likeness (QED) is 0.209. The molecular weight excluding hydrogens is 606 g/mol. The summed E-state index contributed by atoms with van der Waals surface area (Å²) < 4.78 is 34.2. The molecule has 1 saturated carbocycles. The first-order valence-electron chi connectivity index (χ1n) is 14.9. The topological polar surface area (TPSA) is 151 Å². The molecule has 0 radical (unpaired) electrons. The number of anilines is 3. The Kier molecular flexibility index (Phi) is 8.07. The number of nitrogens with one attached hydrogen (secondary N) is 2. The van der Waals surface area contributed by atoms with E-state index in [-0.39, 0.29) is 28.8 Å². The van der Waals surface area contributed by atoms with Crippen molar-refractivity contribution in [1.82, 2.24) is 9.55 Å². The second kappa shape index (κ2) is 11.9. The molecule has 1 amide bonds. The lowest BCUT2D eigenvalue weighted by Gasteiger charge is -2.20. The number of hydrogen-bond acceptors (Lipinski definition) is 9. The predicted octanol–water partition coefficient (Wildman–Crippen LogP) is 5.42. The Morgan fingerprint density at radius 2 is 1.83 bits per heavy atom. The number of aliphatic hydroxyl groups is 1. The Morgan fingerprint density at radius 3 is 2.50 bits per heavy atom. The molecule has 13 heteroatoms. The molecule has 46 heavy (non-hydrogen) atoms. The van der Waals surface area contributed by atoms with E-state index in [1.807, 2.05) is 61.0 Å². The Morgan fingerprint density at radius 1 is 1.11 bits per heavy atom. The van der Waals surface area contributed by atoms with Crippen LogP contribution >= 0.6 is 0 Å². The van der Waals surface area contributed by atoms with Crippen molar-refractivity contribution in [3.05, 3.63) is 101 Å². The largest absolute Gasteiger partial charge is 0.492 e. The first-order chi connectivity index (χ1) is 21.9. The molecule has 0 saturated heterocycles. The lowest BCUT2D eigenvalue weighted by molar-refractivity contribution is 0.102. The van der Waals surface area contributed by atoms with Crippen LogP contribution in [0.5, 0.6) is 5.75 Å². The molecule has 4 aromatic rings. The van der Waals surface area contributed by atoms with Gasteiger partial charge >= 0.3 is 0 Å². The van der Waals surface area contributed by atoms with E-state index < -0.39 is 16.1 Å². The smallest absolute Gasteiger partial charge is 0.255 e. The first kappa shape index (κ1) is 31.2. The van der Waals surface area contributed by atoms with Gasteiger partial charge in [-0.05, 0) is 66.1 Å². The molecule has 2 heterocycles. The Hall–Kier alpha value is -4.75. The van der Waals surface area contributed by atoms with Gasteiger partial charge in [-0.25, -0.2) is 18.4 Å². The Balaban J connectivity index is 1.23. The lowest BCUT2D eigenvalue weighted by atomic mass is 9.96. The molecule has 2 unspecified atom stereocenters. The normalized spacial score (nSPS) is 17.5. The third-order valence-corrected chi connectivity index (χ3v) is 9.28. The highest BCUT2D eigenvalue weighted by molar-refractivity contribution is 7.92. The number of carbonyl (C=O) groups excluding carboxylic acids is 1. The standard InChI is InChI=1S/C33H37N7O5S/c1-20-11-12-22(32(42)35-24-16-23(33(2)13-14-33)17-25(30(24)45-4)37-46(5,43)44)15-27(20)40-19-26(36-38-40)28-18-34-31(39(28)3)29(41)21-9-7-6-8-10-21/h6-12,15-18,26,29,37,41H,13-14,19H2,1-5H3,(H,35,42). The van der Waals surface area contributed by atoms with Gasteiger partial charge in [0.2, 0.25) is 10.0 Å². The summed E-state index contributed by atoms with van der Waals surface area (Å²) >= 11 is 0. The summed E-state index contributed by atoms with van der Waals surface area (Å²) in [5, 5.41) is 24.5. The molecular formula is C33H37N7O5S. The number of aromatic nitrogens is 2. The minimum Gasteiger partial charge on any atom is -0.492 e. The number of benzene rings is 3. The number of nitrogens with zero attached hydrogens (tertiary/aromatic N) is 5. The maximum atomic E-state index is 13.6. The van der Waals surface area contributed by atoms with E-state index in [0.717, 1.165) is 47.2 Å². The van der Waals surface area contributed by atoms with Crippen molar-refractivity contribution < 1.29 is 23.1 Å². The number of rotatable bonds is 10. The Bertz CT molecular complexity index is 1940. The molecule has 1 aromatic heterocycles. The summed E-state index contributed by atoms with van der Waals surface area (Å²) in [4.78, 5) is 18.1. The van der Waals surface area contributed by atoms with Gasteiger partial charge in [-0.3, -0.25) is 9.52 Å². The fourth-order valence-electron chi connectivity index (χ4n) is 5.71. The van der Waals surface area contributed by atoms with E-state index in [2.05, 4.69) is 32.3 Å². The molecule has 6 rings (SSSR count). The van der Waals surface area contributed by atoms with Crippen LogP contribution in [-0.2, 0) is 22.5 Å². The summed E-state index contributed by atoms with van der Waals surface area (Å²) in [6.45, 7) is 4.46. The van der Waals surface area contributed by atoms with Crippen LogP contribution in [-0.4, -0.2) is 48.9 Å². The van der Waals surface area contributed by atoms with Crippen LogP contribution in [0.15, 0.2) is 77.2 Å². The summed E-state index contributed by atoms with van der Waals surface area (Å²) in [7, 11) is -0.314. The number of carbonyl (C=O) groups is 1. The second-order valence-electron chi connectivity index (χ2n) is 12.2. The summed E-state index contributed by atoms with van der Waals surface area (Å²) in [6, 6.07) is 18.0. The fraction of sp³-hybridized carbons (Fsp3) is 0.333. The van der Waals surface area contributed by atoms with Gasteiger partial charge in [0.15, 0.2) is 5.75 Å². The van der Waals surface area contributed by atoms with Crippen molar-refractivity contribution >= 4 is 33.0 Å². The number of imidazole rings is 1. The van der Waals surface area contributed by atoms with Crippen molar-refractivity contribution in [3.63, 3.8) is 0 Å². The van der Waals surface area contributed by atoms with Crippen molar-refractivity contribution in [2.75, 3.05) is 35.0 Å². The minimum absolute atomic E-state index is 0.0950. The zero-order chi connectivity index (χ0) is 32.8. The van der Waals surface area contributed by atoms with E-state index in [0.29, 0.717) is 23.6 Å². The van der Waals surface area contributed by atoms with Gasteiger partial charge in [0.05, 0.1) is 48.9 Å². The zero-order valence-corrected chi connectivity index (χ0v) is 27.2. The van der Waals surface area contributed by atoms with Gasteiger partial charge in [0, 0.05) is 12.6 Å². The molecule has 1 aliphatic heterocycles. The monoisotopic (exact) mass is 643 g/mol. The highest BCUT2D eigenvalue weighted by atomic mass is 32.2. The molecule has 1 aliphatic carbocycles. The number of sulfonamides is 1. The van der Waals surface area contributed by atoms with E-state index in [4.69, 9.17) is 4.74 Å². The van der Waals surface area contributed by atoms with E-state index in [1.54, 1.807) is 29.4 Å².